The van der Waals surface area contributed by atoms with Crippen LogP contribution in [-0.4, -0.2) is 90.7 Å². The van der Waals surface area contributed by atoms with E-state index in [0.29, 0.717) is 51.9 Å². The second-order valence-corrected chi connectivity index (χ2v) is 10.4. The van der Waals surface area contributed by atoms with E-state index in [-0.39, 0.29) is 24.9 Å². The summed E-state index contributed by atoms with van der Waals surface area (Å²) in [6.07, 6.45) is -0.213. The molecule has 2 fully saturated rings. The Morgan fingerprint density at radius 3 is 2.80 bits per heavy atom. The average Bonchev–Trinajstić information content (AvgIpc) is 2.99. The van der Waals surface area contributed by atoms with Crippen molar-refractivity contribution in [2.45, 2.75) is 31.5 Å². The van der Waals surface area contributed by atoms with Gasteiger partial charge in [0.05, 0.1) is 37.4 Å². The third-order valence-corrected chi connectivity index (χ3v) is 7.89. The molecule has 0 saturated carbocycles. The number of morpholine rings is 1. The highest BCUT2D eigenvalue weighted by molar-refractivity contribution is 5.94. The molecule has 0 radical (unpaired) electrons. The van der Waals surface area contributed by atoms with Gasteiger partial charge in [0.15, 0.2) is 0 Å². The van der Waals surface area contributed by atoms with E-state index in [1.807, 2.05) is 0 Å². The summed E-state index contributed by atoms with van der Waals surface area (Å²) in [5, 5.41) is 24.7. The molecule has 0 spiro atoms. The number of nitrogens with zero attached hydrogens (tertiary/aromatic N) is 6. The van der Waals surface area contributed by atoms with E-state index in [1.54, 1.807) is 0 Å². The molecular weight excluding hydrogens is 546 g/mol. The SMILES string of the molecule is Cl.N#CCC1CN(c2nc(OC[C@H]3CNCCO3)nc3c2CCN(c2cccc4ccccc24)C3)CCN1C(=O)O. The molecule has 2 N–H and O–H groups in total. The number of fused-ring (bicyclic) bond motifs is 2. The Bertz CT molecular complexity index is 1420. The molecule has 0 aliphatic carbocycles. The summed E-state index contributed by atoms with van der Waals surface area (Å²) in [5.74, 6) is 0.772. The molecule has 2 aromatic carbocycles. The number of piperazine rings is 1. The van der Waals surface area contributed by atoms with Crippen molar-refractivity contribution < 1.29 is 19.4 Å². The highest BCUT2D eigenvalue weighted by atomic mass is 35.5. The maximum Gasteiger partial charge on any atom is 0.407 e. The third-order valence-electron chi connectivity index (χ3n) is 7.89. The van der Waals surface area contributed by atoms with Crippen LogP contribution < -0.4 is 19.9 Å². The highest BCUT2D eigenvalue weighted by Crippen LogP contribution is 2.34. The number of carboxylic acid groups (broad SMARTS) is 1. The molecule has 0 bridgehead atoms. The minimum absolute atomic E-state index is 0. The Morgan fingerprint density at radius 1 is 1.15 bits per heavy atom. The Morgan fingerprint density at radius 2 is 2.00 bits per heavy atom. The lowest BCUT2D eigenvalue weighted by molar-refractivity contribution is -0.00183. The number of rotatable bonds is 6. The van der Waals surface area contributed by atoms with Crippen molar-refractivity contribution in [3.05, 3.63) is 53.7 Å². The molecular formula is C29H34ClN7O4. The first-order chi connectivity index (χ1) is 19.6. The van der Waals surface area contributed by atoms with Gasteiger partial charge in [0.2, 0.25) is 0 Å². The zero-order valence-corrected chi connectivity index (χ0v) is 23.6. The van der Waals surface area contributed by atoms with Crippen molar-refractivity contribution >= 4 is 40.8 Å². The van der Waals surface area contributed by atoms with Gasteiger partial charge in [0.1, 0.15) is 18.5 Å². The molecule has 3 aliphatic rings. The first-order valence-electron chi connectivity index (χ1n) is 13.8. The third kappa shape index (κ3) is 6.10. The van der Waals surface area contributed by atoms with Crippen LogP contribution in [0, 0.1) is 11.3 Å². The van der Waals surface area contributed by atoms with Gasteiger partial charge in [-0.15, -0.1) is 12.4 Å². The van der Waals surface area contributed by atoms with Crippen LogP contribution in [0.1, 0.15) is 17.7 Å². The first-order valence-corrected chi connectivity index (χ1v) is 13.8. The topological polar surface area (TPSA) is 127 Å². The van der Waals surface area contributed by atoms with Gasteiger partial charge in [-0.3, -0.25) is 0 Å². The van der Waals surface area contributed by atoms with Gasteiger partial charge in [-0.2, -0.15) is 15.2 Å². The number of halogens is 1. The number of nitrogens with one attached hydrogen (secondary N) is 1. The van der Waals surface area contributed by atoms with Crippen LogP contribution in [-0.2, 0) is 17.7 Å². The second-order valence-electron chi connectivity index (χ2n) is 10.4. The van der Waals surface area contributed by atoms with Gasteiger partial charge in [0.25, 0.3) is 0 Å². The maximum absolute atomic E-state index is 11.8. The predicted molar refractivity (Wildman–Crippen MR) is 157 cm³/mol. The molecule has 2 saturated heterocycles. The summed E-state index contributed by atoms with van der Waals surface area (Å²) in [6, 6.07) is 16.8. The van der Waals surface area contributed by atoms with Crippen molar-refractivity contribution in [1.82, 2.24) is 20.2 Å². The number of hydrogen-bond acceptors (Lipinski definition) is 9. The quantitative estimate of drug-likeness (QED) is 0.450. The van der Waals surface area contributed by atoms with E-state index in [9.17, 15) is 15.2 Å². The summed E-state index contributed by atoms with van der Waals surface area (Å²) in [5.41, 5.74) is 3.12. The number of benzene rings is 2. The molecule has 2 atom stereocenters. The zero-order chi connectivity index (χ0) is 27.5. The van der Waals surface area contributed by atoms with Crippen LogP contribution in [0.2, 0.25) is 0 Å². The molecule has 216 valence electrons. The van der Waals surface area contributed by atoms with E-state index in [0.717, 1.165) is 42.3 Å². The summed E-state index contributed by atoms with van der Waals surface area (Å²) < 4.78 is 11.9. The normalized spacial score (nSPS) is 20.6. The van der Waals surface area contributed by atoms with Crippen molar-refractivity contribution in [3.63, 3.8) is 0 Å². The molecule has 3 aliphatic heterocycles. The van der Waals surface area contributed by atoms with Crippen molar-refractivity contribution in [2.24, 2.45) is 0 Å². The van der Waals surface area contributed by atoms with Crippen LogP contribution in [0.25, 0.3) is 10.8 Å². The predicted octanol–water partition coefficient (Wildman–Crippen LogP) is 3.06. The number of carbonyl (C=O) groups is 1. The number of nitriles is 1. The van der Waals surface area contributed by atoms with Crippen molar-refractivity contribution in [1.29, 1.82) is 5.26 Å². The van der Waals surface area contributed by atoms with Gasteiger partial charge < -0.3 is 34.6 Å². The molecule has 1 aromatic heterocycles. The van der Waals surface area contributed by atoms with E-state index in [2.05, 4.69) is 63.7 Å². The minimum Gasteiger partial charge on any atom is -0.465 e. The largest absolute Gasteiger partial charge is 0.465 e. The van der Waals surface area contributed by atoms with Crippen LogP contribution in [0.5, 0.6) is 6.01 Å². The summed E-state index contributed by atoms with van der Waals surface area (Å²) >= 11 is 0. The average molecular weight is 580 g/mol. The molecule has 6 rings (SSSR count). The van der Waals surface area contributed by atoms with E-state index in [1.165, 1.54) is 15.7 Å². The first kappa shape index (κ1) is 28.7. The minimum atomic E-state index is -1.000. The maximum atomic E-state index is 11.8. The molecule has 4 heterocycles. The lowest BCUT2D eigenvalue weighted by Crippen LogP contribution is -2.55. The van der Waals surface area contributed by atoms with Gasteiger partial charge in [-0.05, 0) is 17.9 Å². The molecule has 11 nitrogen and oxygen atoms in total. The fraction of sp³-hybridized carbons (Fsp3) is 0.448. The summed E-state index contributed by atoms with van der Waals surface area (Å²) in [6.45, 7) is 5.10. The monoisotopic (exact) mass is 579 g/mol. The standard InChI is InChI=1S/C29H33N7O4.ClH/c30-10-8-21-17-35(13-14-36(21)29(37)38)27-24-9-12-34(26-7-3-5-20-4-1-2-6-23(20)26)18-25(24)32-28(33-27)40-19-22-16-31-11-15-39-22;/h1-7,21-22,31H,8-9,11-19H2,(H,37,38);1H/t21?,22-;/m1./s1. The van der Waals surface area contributed by atoms with Crippen LogP contribution in [0.4, 0.5) is 16.3 Å². The van der Waals surface area contributed by atoms with Crippen molar-refractivity contribution in [3.8, 4) is 12.1 Å². The van der Waals surface area contributed by atoms with Crippen molar-refractivity contribution in [2.75, 3.05) is 62.3 Å². The van der Waals surface area contributed by atoms with E-state index < -0.39 is 12.1 Å². The number of ether oxygens (including phenoxy) is 2. The Kier molecular flexibility index (Phi) is 8.93. The lowest BCUT2D eigenvalue weighted by Gasteiger charge is -2.41. The molecule has 3 aromatic rings. The summed E-state index contributed by atoms with van der Waals surface area (Å²) in [7, 11) is 0. The molecule has 12 heteroatoms. The van der Waals surface area contributed by atoms with E-state index >= 15 is 0 Å². The van der Waals surface area contributed by atoms with Crippen LogP contribution in [0.15, 0.2) is 42.5 Å². The highest BCUT2D eigenvalue weighted by Gasteiger charge is 2.34. The fourth-order valence-electron chi connectivity index (χ4n) is 5.88. The Hall–Kier alpha value is -3.85. The number of amides is 1. The van der Waals surface area contributed by atoms with Gasteiger partial charge >= 0.3 is 12.1 Å². The molecule has 41 heavy (non-hydrogen) atoms. The number of aromatic nitrogens is 2. The van der Waals surface area contributed by atoms with Crippen LogP contribution in [0.3, 0.4) is 0 Å². The van der Waals surface area contributed by atoms with Gasteiger partial charge in [0, 0.05) is 55.9 Å². The molecule has 1 unspecified atom stereocenters. The fourth-order valence-corrected chi connectivity index (χ4v) is 5.88. The smallest absolute Gasteiger partial charge is 0.407 e. The Balaban J connectivity index is 0.00000337. The summed E-state index contributed by atoms with van der Waals surface area (Å²) in [4.78, 5) is 27.3. The number of hydrogen-bond donors (Lipinski definition) is 2. The van der Waals surface area contributed by atoms with Gasteiger partial charge in [-0.1, -0.05) is 36.4 Å². The lowest BCUT2D eigenvalue weighted by atomic mass is 10.0. The second kappa shape index (κ2) is 12.8. The Labute approximate surface area is 245 Å². The number of anilines is 2. The van der Waals surface area contributed by atoms with Crippen LogP contribution >= 0.6 is 12.4 Å². The molecule has 1 amide bonds. The zero-order valence-electron chi connectivity index (χ0n) is 22.7. The van der Waals surface area contributed by atoms with Gasteiger partial charge in [-0.25, -0.2) is 4.79 Å². The van der Waals surface area contributed by atoms with E-state index in [4.69, 9.17) is 19.4 Å².